The Labute approximate surface area is 160 Å². The molecule has 140 valence electrons. The van der Waals surface area contributed by atoms with Crippen molar-refractivity contribution in [2.24, 2.45) is 4.99 Å². The third kappa shape index (κ3) is 6.56. The van der Waals surface area contributed by atoms with E-state index in [1.807, 2.05) is 37.4 Å². The fraction of sp³-hybridized carbons (Fsp3) is 0.400. The van der Waals surface area contributed by atoms with Crippen LogP contribution in [0.1, 0.15) is 23.7 Å². The van der Waals surface area contributed by atoms with Crippen LogP contribution in [-0.2, 0) is 12.8 Å². The summed E-state index contributed by atoms with van der Waals surface area (Å²) in [5.41, 5.74) is 3.32. The number of aryl methyl sites for hydroxylation is 1. The second-order valence-corrected chi connectivity index (χ2v) is 6.36. The van der Waals surface area contributed by atoms with Crippen LogP contribution in [0.2, 0.25) is 5.02 Å². The topological polar surface area (TPSA) is 58.5 Å². The Morgan fingerprint density at radius 3 is 2.69 bits per heavy atom. The first kappa shape index (κ1) is 20.0. The third-order valence-electron chi connectivity index (χ3n) is 3.93. The van der Waals surface area contributed by atoms with Crippen molar-refractivity contribution in [1.29, 1.82) is 0 Å². The average Bonchev–Trinajstić information content (AvgIpc) is 2.64. The lowest BCUT2D eigenvalue weighted by atomic mass is 10.1. The molecule has 26 heavy (non-hydrogen) atoms. The number of pyridine rings is 1. The molecule has 2 aromatic rings. The SMILES string of the molecule is CCNC(=NCCc1ccc(OC)cc1Cl)NCCc1ccc(C)nc1. The van der Waals surface area contributed by atoms with E-state index >= 15 is 0 Å². The van der Waals surface area contributed by atoms with Crippen molar-refractivity contribution in [3.63, 3.8) is 0 Å². The molecule has 6 heteroatoms. The number of nitrogens with zero attached hydrogens (tertiary/aromatic N) is 2. The molecule has 5 nitrogen and oxygen atoms in total. The molecule has 2 rings (SSSR count). The van der Waals surface area contributed by atoms with Crippen LogP contribution in [0.25, 0.3) is 0 Å². The molecule has 1 aromatic heterocycles. The van der Waals surface area contributed by atoms with Gasteiger partial charge in [-0.3, -0.25) is 9.98 Å². The zero-order chi connectivity index (χ0) is 18.8. The summed E-state index contributed by atoms with van der Waals surface area (Å²) in [6.07, 6.45) is 3.61. The summed E-state index contributed by atoms with van der Waals surface area (Å²) >= 11 is 6.28. The summed E-state index contributed by atoms with van der Waals surface area (Å²) in [6.45, 7) is 6.34. The first-order valence-electron chi connectivity index (χ1n) is 8.88. The first-order valence-corrected chi connectivity index (χ1v) is 9.26. The van der Waals surface area contributed by atoms with E-state index in [2.05, 4.69) is 33.6 Å². The van der Waals surface area contributed by atoms with E-state index in [1.165, 1.54) is 5.56 Å². The van der Waals surface area contributed by atoms with Gasteiger partial charge in [-0.1, -0.05) is 23.7 Å². The lowest BCUT2D eigenvalue weighted by Crippen LogP contribution is -2.38. The zero-order valence-corrected chi connectivity index (χ0v) is 16.4. The highest BCUT2D eigenvalue weighted by molar-refractivity contribution is 6.31. The summed E-state index contributed by atoms with van der Waals surface area (Å²) in [4.78, 5) is 8.95. The summed E-state index contributed by atoms with van der Waals surface area (Å²) in [5, 5.41) is 7.34. The van der Waals surface area contributed by atoms with Crippen LogP contribution < -0.4 is 15.4 Å². The number of hydrogen-bond donors (Lipinski definition) is 2. The molecule has 0 aliphatic heterocycles. The van der Waals surface area contributed by atoms with Gasteiger partial charge in [0.15, 0.2) is 5.96 Å². The molecule has 2 N–H and O–H groups in total. The number of aliphatic imine (C=N–C) groups is 1. The molecule has 0 spiro atoms. The number of rotatable bonds is 8. The minimum absolute atomic E-state index is 0.660. The Morgan fingerprint density at radius 2 is 2.04 bits per heavy atom. The molecular formula is C20H27ClN4O. The monoisotopic (exact) mass is 374 g/mol. The summed E-state index contributed by atoms with van der Waals surface area (Å²) in [7, 11) is 1.64. The standard InChI is InChI=1S/C20H27ClN4O/c1-4-22-20(23-11-9-16-6-5-15(2)25-14-16)24-12-10-17-7-8-18(26-3)13-19(17)21/h5-8,13-14H,4,9-12H2,1-3H3,(H2,22,23,24). The Balaban J connectivity index is 1.84. The number of nitrogens with one attached hydrogen (secondary N) is 2. The molecular weight excluding hydrogens is 348 g/mol. The highest BCUT2D eigenvalue weighted by Crippen LogP contribution is 2.22. The Bertz CT molecular complexity index is 716. The van der Waals surface area contributed by atoms with Gasteiger partial charge < -0.3 is 15.4 Å². The van der Waals surface area contributed by atoms with Crippen LogP contribution in [0, 0.1) is 6.92 Å². The maximum absolute atomic E-state index is 6.28. The van der Waals surface area contributed by atoms with Crippen molar-refractivity contribution < 1.29 is 4.74 Å². The molecule has 0 bridgehead atoms. The van der Waals surface area contributed by atoms with Gasteiger partial charge in [-0.05, 0) is 56.0 Å². The van der Waals surface area contributed by atoms with Gasteiger partial charge in [0.1, 0.15) is 5.75 Å². The predicted molar refractivity (Wildman–Crippen MR) is 108 cm³/mol. The van der Waals surface area contributed by atoms with Crippen LogP contribution in [0.15, 0.2) is 41.5 Å². The third-order valence-corrected chi connectivity index (χ3v) is 4.29. The highest BCUT2D eigenvalue weighted by Gasteiger charge is 2.03. The summed E-state index contributed by atoms with van der Waals surface area (Å²) in [5.74, 6) is 1.58. The molecule has 0 saturated carbocycles. The average molecular weight is 375 g/mol. The van der Waals surface area contributed by atoms with E-state index in [1.54, 1.807) is 7.11 Å². The van der Waals surface area contributed by atoms with Crippen molar-refractivity contribution >= 4 is 17.6 Å². The smallest absolute Gasteiger partial charge is 0.191 e. The molecule has 1 heterocycles. The van der Waals surface area contributed by atoms with Crippen LogP contribution in [-0.4, -0.2) is 37.7 Å². The van der Waals surface area contributed by atoms with Crippen molar-refractivity contribution in [2.75, 3.05) is 26.7 Å². The van der Waals surface area contributed by atoms with Gasteiger partial charge in [0.05, 0.1) is 7.11 Å². The number of halogens is 1. The van der Waals surface area contributed by atoms with Crippen molar-refractivity contribution in [2.45, 2.75) is 26.7 Å². The summed E-state index contributed by atoms with van der Waals surface area (Å²) < 4.78 is 5.18. The minimum atomic E-state index is 0.660. The van der Waals surface area contributed by atoms with Crippen LogP contribution in [0.3, 0.4) is 0 Å². The molecule has 0 fully saturated rings. The van der Waals surface area contributed by atoms with Crippen molar-refractivity contribution in [1.82, 2.24) is 15.6 Å². The Morgan fingerprint density at radius 1 is 1.19 bits per heavy atom. The van der Waals surface area contributed by atoms with Gasteiger partial charge >= 0.3 is 0 Å². The first-order chi connectivity index (χ1) is 12.6. The van der Waals surface area contributed by atoms with Gasteiger partial charge in [0.25, 0.3) is 0 Å². The van der Waals surface area contributed by atoms with Gasteiger partial charge in [0.2, 0.25) is 0 Å². The molecule has 0 amide bonds. The lowest BCUT2D eigenvalue weighted by Gasteiger charge is -2.11. The van der Waals surface area contributed by atoms with E-state index in [0.29, 0.717) is 11.6 Å². The molecule has 0 aliphatic rings. The number of ether oxygens (including phenoxy) is 1. The van der Waals surface area contributed by atoms with Crippen LogP contribution >= 0.6 is 11.6 Å². The highest BCUT2D eigenvalue weighted by atomic mass is 35.5. The molecule has 0 unspecified atom stereocenters. The van der Waals surface area contributed by atoms with E-state index in [-0.39, 0.29) is 0 Å². The number of methoxy groups -OCH3 is 1. The fourth-order valence-corrected chi connectivity index (χ4v) is 2.72. The second-order valence-electron chi connectivity index (χ2n) is 5.95. The predicted octanol–water partition coefficient (Wildman–Crippen LogP) is 3.39. The maximum Gasteiger partial charge on any atom is 0.191 e. The fourth-order valence-electron chi connectivity index (χ4n) is 2.46. The van der Waals surface area contributed by atoms with Gasteiger partial charge in [0, 0.05) is 36.5 Å². The molecule has 1 aromatic carbocycles. The van der Waals surface area contributed by atoms with E-state index in [9.17, 15) is 0 Å². The maximum atomic E-state index is 6.28. The number of aromatic nitrogens is 1. The zero-order valence-electron chi connectivity index (χ0n) is 15.7. The number of benzene rings is 1. The molecule has 0 aliphatic carbocycles. The second kappa shape index (κ2) is 10.7. The van der Waals surface area contributed by atoms with Gasteiger partial charge in [-0.2, -0.15) is 0 Å². The quantitative estimate of drug-likeness (QED) is 0.549. The summed E-state index contributed by atoms with van der Waals surface area (Å²) in [6, 6.07) is 9.89. The molecule has 0 radical (unpaired) electrons. The van der Waals surface area contributed by atoms with E-state index in [4.69, 9.17) is 16.3 Å². The van der Waals surface area contributed by atoms with Crippen LogP contribution in [0.4, 0.5) is 0 Å². The lowest BCUT2D eigenvalue weighted by molar-refractivity contribution is 0.414. The Kier molecular flexibility index (Phi) is 8.22. The largest absolute Gasteiger partial charge is 0.497 e. The number of hydrogen-bond acceptors (Lipinski definition) is 3. The van der Waals surface area contributed by atoms with Gasteiger partial charge in [-0.15, -0.1) is 0 Å². The normalized spacial score (nSPS) is 11.3. The molecule has 0 saturated heterocycles. The minimum Gasteiger partial charge on any atom is -0.497 e. The van der Waals surface area contributed by atoms with Crippen LogP contribution in [0.5, 0.6) is 5.75 Å². The van der Waals surface area contributed by atoms with Crippen molar-refractivity contribution in [3.05, 3.63) is 58.4 Å². The van der Waals surface area contributed by atoms with E-state index < -0.39 is 0 Å². The molecule has 0 atom stereocenters. The van der Waals surface area contributed by atoms with Crippen molar-refractivity contribution in [3.8, 4) is 5.75 Å². The van der Waals surface area contributed by atoms with E-state index in [0.717, 1.165) is 48.9 Å². The number of guanidine groups is 1. The Hall–Kier alpha value is -2.27. The van der Waals surface area contributed by atoms with Gasteiger partial charge in [-0.25, -0.2) is 0 Å².